The zero-order valence-electron chi connectivity index (χ0n) is 16.1. The molecule has 0 aliphatic rings. The van der Waals surface area contributed by atoms with E-state index in [0.29, 0.717) is 24.6 Å². The van der Waals surface area contributed by atoms with E-state index in [2.05, 4.69) is 28.1 Å². The molecule has 0 aliphatic heterocycles. The minimum Gasteiger partial charge on any atom is -0.493 e. The van der Waals surface area contributed by atoms with Crippen molar-refractivity contribution in [2.45, 2.75) is 12.8 Å². The van der Waals surface area contributed by atoms with Gasteiger partial charge >= 0.3 is 0 Å². The maximum Gasteiger partial charge on any atom is 0.195 e. The predicted molar refractivity (Wildman–Crippen MR) is 114 cm³/mol. The summed E-state index contributed by atoms with van der Waals surface area (Å²) in [6.07, 6.45) is 3.38. The number of nitrogens with zero attached hydrogens (tertiary/aromatic N) is 1. The molecule has 0 unspecified atom stereocenters. The highest BCUT2D eigenvalue weighted by molar-refractivity contribution is 7.09. The summed E-state index contributed by atoms with van der Waals surface area (Å²) in [4.78, 5) is 6.03. The second-order valence-electron chi connectivity index (χ2n) is 6.01. The van der Waals surface area contributed by atoms with Crippen LogP contribution in [0.15, 0.2) is 63.5 Å². The van der Waals surface area contributed by atoms with Crippen LogP contribution in [0.4, 0.5) is 5.69 Å². The Labute approximate surface area is 169 Å². The average molecular weight is 400 g/mol. The summed E-state index contributed by atoms with van der Waals surface area (Å²) in [6.45, 7) is 1.41. The second-order valence-corrected chi connectivity index (χ2v) is 7.04. The molecule has 3 rings (SSSR count). The Morgan fingerprint density at radius 1 is 1.07 bits per heavy atom. The number of anilines is 1. The van der Waals surface area contributed by atoms with Gasteiger partial charge in [-0.1, -0.05) is 6.07 Å². The summed E-state index contributed by atoms with van der Waals surface area (Å²) < 4.78 is 16.1. The molecule has 0 spiro atoms. The second kappa shape index (κ2) is 10.4. The molecule has 7 heteroatoms. The SMILES string of the molecule is COc1ccc(NC(=NCCc2cccs2)NCCc2ccco2)cc1OC. The van der Waals surface area contributed by atoms with Crippen LogP contribution in [0.2, 0.25) is 0 Å². The number of nitrogens with one attached hydrogen (secondary N) is 2. The normalized spacial score (nSPS) is 11.3. The van der Waals surface area contributed by atoms with Gasteiger partial charge in [0.1, 0.15) is 5.76 Å². The fourth-order valence-electron chi connectivity index (χ4n) is 2.68. The van der Waals surface area contributed by atoms with Crippen molar-refractivity contribution in [2.24, 2.45) is 4.99 Å². The van der Waals surface area contributed by atoms with Crippen LogP contribution in [0.25, 0.3) is 0 Å². The zero-order chi connectivity index (χ0) is 19.6. The summed E-state index contributed by atoms with van der Waals surface area (Å²) in [6, 6.07) is 13.8. The number of methoxy groups -OCH3 is 2. The summed E-state index contributed by atoms with van der Waals surface area (Å²) in [5.41, 5.74) is 0.873. The van der Waals surface area contributed by atoms with Crippen molar-refractivity contribution in [1.29, 1.82) is 0 Å². The van der Waals surface area contributed by atoms with Gasteiger partial charge in [-0.05, 0) is 35.7 Å². The largest absolute Gasteiger partial charge is 0.493 e. The van der Waals surface area contributed by atoms with E-state index in [-0.39, 0.29) is 0 Å². The Balaban J connectivity index is 1.65. The van der Waals surface area contributed by atoms with Crippen LogP contribution in [0, 0.1) is 0 Å². The highest BCUT2D eigenvalue weighted by atomic mass is 32.1. The highest BCUT2D eigenvalue weighted by Gasteiger charge is 2.07. The van der Waals surface area contributed by atoms with Crippen LogP contribution in [-0.4, -0.2) is 33.3 Å². The summed E-state index contributed by atoms with van der Waals surface area (Å²) in [5.74, 6) is 3.02. The van der Waals surface area contributed by atoms with Crippen molar-refractivity contribution in [3.8, 4) is 11.5 Å². The number of hydrogen-bond donors (Lipinski definition) is 2. The number of benzene rings is 1. The molecule has 0 fully saturated rings. The number of rotatable bonds is 9. The quantitative estimate of drug-likeness (QED) is 0.417. The van der Waals surface area contributed by atoms with Crippen LogP contribution in [0.3, 0.4) is 0 Å². The summed E-state index contributed by atoms with van der Waals surface area (Å²) >= 11 is 1.75. The minimum absolute atomic E-state index is 0.668. The molecule has 148 valence electrons. The molecule has 3 aromatic rings. The van der Waals surface area contributed by atoms with Gasteiger partial charge in [0, 0.05) is 42.6 Å². The van der Waals surface area contributed by atoms with E-state index in [4.69, 9.17) is 18.9 Å². The van der Waals surface area contributed by atoms with Crippen molar-refractivity contribution < 1.29 is 13.9 Å². The molecular weight excluding hydrogens is 374 g/mol. The Kier molecular flexibility index (Phi) is 7.37. The van der Waals surface area contributed by atoms with Crippen molar-refractivity contribution in [3.63, 3.8) is 0 Å². The maximum atomic E-state index is 5.39. The molecule has 0 atom stereocenters. The molecule has 0 saturated carbocycles. The molecule has 0 bridgehead atoms. The summed E-state index contributed by atoms with van der Waals surface area (Å²) in [5, 5.41) is 8.79. The van der Waals surface area contributed by atoms with Crippen molar-refractivity contribution in [1.82, 2.24) is 5.32 Å². The zero-order valence-corrected chi connectivity index (χ0v) is 16.9. The fraction of sp³-hybridized carbons (Fsp3) is 0.286. The Morgan fingerprint density at radius 2 is 1.96 bits per heavy atom. The summed E-state index contributed by atoms with van der Waals surface area (Å²) in [7, 11) is 3.25. The van der Waals surface area contributed by atoms with Gasteiger partial charge in [-0.15, -0.1) is 11.3 Å². The van der Waals surface area contributed by atoms with Crippen molar-refractivity contribution >= 4 is 23.0 Å². The fourth-order valence-corrected chi connectivity index (χ4v) is 3.38. The molecule has 2 heterocycles. The van der Waals surface area contributed by atoms with E-state index in [1.807, 2.05) is 30.3 Å². The number of aliphatic imine (C=N–C) groups is 1. The van der Waals surface area contributed by atoms with Gasteiger partial charge in [-0.3, -0.25) is 4.99 Å². The number of hydrogen-bond acceptors (Lipinski definition) is 5. The third-order valence-corrected chi connectivity index (χ3v) is 5.03. The van der Waals surface area contributed by atoms with E-state index in [9.17, 15) is 0 Å². The van der Waals surface area contributed by atoms with E-state index >= 15 is 0 Å². The lowest BCUT2D eigenvalue weighted by Gasteiger charge is -2.14. The maximum absolute atomic E-state index is 5.39. The predicted octanol–water partition coefficient (Wildman–Crippen LogP) is 4.20. The molecule has 28 heavy (non-hydrogen) atoms. The minimum atomic E-state index is 0.668. The topological polar surface area (TPSA) is 68.0 Å². The standard InChI is InChI=1S/C21H25N3O3S/c1-25-19-8-7-16(15-20(19)26-2)24-21(22-11-9-17-5-3-13-27-17)23-12-10-18-6-4-14-28-18/h3-8,13-15H,9-12H2,1-2H3,(H2,22,23,24). The van der Waals surface area contributed by atoms with E-state index in [1.165, 1.54) is 4.88 Å². The first-order valence-corrected chi connectivity index (χ1v) is 9.98. The number of thiophene rings is 1. The number of ether oxygens (including phenoxy) is 2. The molecule has 2 N–H and O–H groups in total. The Bertz CT molecular complexity index is 861. The van der Waals surface area contributed by atoms with E-state index < -0.39 is 0 Å². The van der Waals surface area contributed by atoms with Gasteiger partial charge in [-0.2, -0.15) is 0 Å². The first-order valence-electron chi connectivity index (χ1n) is 9.10. The van der Waals surface area contributed by atoms with Gasteiger partial charge in [0.2, 0.25) is 0 Å². The van der Waals surface area contributed by atoms with E-state index in [1.54, 1.807) is 31.8 Å². The van der Waals surface area contributed by atoms with E-state index in [0.717, 1.165) is 30.2 Å². The average Bonchev–Trinajstić information content (AvgIpc) is 3.42. The molecule has 2 aromatic heterocycles. The monoisotopic (exact) mass is 399 g/mol. The molecule has 0 aliphatic carbocycles. The number of furan rings is 1. The molecular formula is C21H25N3O3S. The third kappa shape index (κ3) is 5.79. The first-order chi connectivity index (χ1) is 13.8. The molecule has 0 saturated heterocycles. The van der Waals surface area contributed by atoms with Gasteiger partial charge in [0.05, 0.1) is 20.5 Å². The molecule has 0 radical (unpaired) electrons. The van der Waals surface area contributed by atoms with Crippen LogP contribution in [-0.2, 0) is 12.8 Å². The molecule has 0 amide bonds. The van der Waals surface area contributed by atoms with Crippen LogP contribution < -0.4 is 20.1 Å². The van der Waals surface area contributed by atoms with Crippen LogP contribution in [0.1, 0.15) is 10.6 Å². The lowest BCUT2D eigenvalue weighted by molar-refractivity contribution is 0.355. The van der Waals surface area contributed by atoms with Gasteiger partial charge in [-0.25, -0.2) is 0 Å². The number of guanidine groups is 1. The smallest absolute Gasteiger partial charge is 0.195 e. The molecule has 1 aromatic carbocycles. The van der Waals surface area contributed by atoms with Crippen LogP contribution >= 0.6 is 11.3 Å². The molecule has 6 nitrogen and oxygen atoms in total. The van der Waals surface area contributed by atoms with Crippen LogP contribution in [0.5, 0.6) is 11.5 Å². The Hall–Kier alpha value is -2.93. The van der Waals surface area contributed by atoms with Gasteiger partial charge in [0.15, 0.2) is 17.5 Å². The van der Waals surface area contributed by atoms with Crippen molar-refractivity contribution in [2.75, 3.05) is 32.6 Å². The van der Waals surface area contributed by atoms with Gasteiger partial charge in [0.25, 0.3) is 0 Å². The lowest BCUT2D eigenvalue weighted by atomic mass is 10.2. The van der Waals surface area contributed by atoms with Gasteiger partial charge < -0.3 is 24.5 Å². The Morgan fingerprint density at radius 3 is 2.68 bits per heavy atom. The highest BCUT2D eigenvalue weighted by Crippen LogP contribution is 2.29. The third-order valence-electron chi connectivity index (χ3n) is 4.10. The van der Waals surface area contributed by atoms with Crippen molar-refractivity contribution in [3.05, 3.63) is 64.7 Å². The lowest BCUT2D eigenvalue weighted by Crippen LogP contribution is -2.32. The first kappa shape index (κ1) is 19.8.